The van der Waals surface area contributed by atoms with Crippen LogP contribution in [-0.2, 0) is 0 Å². The second-order valence-electron chi connectivity index (χ2n) is 2.58. The Bertz CT molecular complexity index is 80.1. The van der Waals surface area contributed by atoms with Crippen molar-refractivity contribution in [2.45, 2.75) is 18.9 Å². The predicted octanol–water partition coefficient (Wildman–Crippen LogP) is -1.37. The molecule has 0 amide bonds. The smallest absolute Gasteiger partial charge is 0.0676 e. The standard InChI is InChI=1S/C7H19N3O/c8-3-1-5-10-6-7(11)2-4-9/h7,10-11H,1-6,8-9H2/t7-/m1/s1. The summed E-state index contributed by atoms with van der Waals surface area (Å²) in [7, 11) is 0. The summed E-state index contributed by atoms with van der Waals surface area (Å²) >= 11 is 0. The van der Waals surface area contributed by atoms with Gasteiger partial charge >= 0.3 is 0 Å². The van der Waals surface area contributed by atoms with E-state index in [0.717, 1.165) is 13.0 Å². The highest BCUT2D eigenvalue weighted by atomic mass is 16.3. The van der Waals surface area contributed by atoms with Crippen molar-refractivity contribution >= 4 is 0 Å². The van der Waals surface area contributed by atoms with E-state index in [1.54, 1.807) is 0 Å². The average Bonchev–Trinajstić information content (AvgIpc) is 1.99. The van der Waals surface area contributed by atoms with Crippen LogP contribution >= 0.6 is 0 Å². The van der Waals surface area contributed by atoms with Crippen LogP contribution in [0.3, 0.4) is 0 Å². The minimum Gasteiger partial charge on any atom is -0.392 e. The topological polar surface area (TPSA) is 84.3 Å². The number of nitrogens with one attached hydrogen (secondary N) is 1. The third-order valence-corrected chi connectivity index (χ3v) is 1.44. The van der Waals surface area contributed by atoms with Crippen LogP contribution in [0.15, 0.2) is 0 Å². The van der Waals surface area contributed by atoms with Gasteiger partial charge in [-0.15, -0.1) is 0 Å². The first-order valence-electron chi connectivity index (χ1n) is 4.10. The Balaban J connectivity index is 2.97. The van der Waals surface area contributed by atoms with Crippen LogP contribution in [0.2, 0.25) is 0 Å². The van der Waals surface area contributed by atoms with E-state index >= 15 is 0 Å². The highest BCUT2D eigenvalue weighted by Crippen LogP contribution is 1.85. The van der Waals surface area contributed by atoms with Gasteiger partial charge in [0.1, 0.15) is 0 Å². The van der Waals surface area contributed by atoms with Gasteiger partial charge in [0.25, 0.3) is 0 Å². The maximum Gasteiger partial charge on any atom is 0.0676 e. The molecule has 0 aliphatic carbocycles. The Morgan fingerprint density at radius 2 is 2.00 bits per heavy atom. The molecule has 0 aromatic rings. The Morgan fingerprint density at radius 3 is 2.55 bits per heavy atom. The highest BCUT2D eigenvalue weighted by molar-refractivity contribution is 4.59. The number of aliphatic hydroxyl groups excluding tert-OH is 1. The van der Waals surface area contributed by atoms with Crippen LogP contribution < -0.4 is 16.8 Å². The molecule has 4 nitrogen and oxygen atoms in total. The van der Waals surface area contributed by atoms with E-state index < -0.39 is 0 Å². The fourth-order valence-electron chi connectivity index (χ4n) is 0.790. The van der Waals surface area contributed by atoms with Crippen molar-refractivity contribution < 1.29 is 5.11 Å². The molecule has 68 valence electrons. The molecular formula is C7H19N3O. The fraction of sp³-hybridized carbons (Fsp3) is 1.00. The maximum absolute atomic E-state index is 9.17. The lowest BCUT2D eigenvalue weighted by molar-refractivity contribution is 0.164. The molecule has 0 spiro atoms. The summed E-state index contributed by atoms with van der Waals surface area (Å²) < 4.78 is 0. The number of rotatable bonds is 7. The van der Waals surface area contributed by atoms with E-state index in [1.807, 2.05) is 0 Å². The Kier molecular flexibility index (Phi) is 7.83. The molecule has 0 bridgehead atoms. The molecular weight excluding hydrogens is 142 g/mol. The molecule has 0 saturated heterocycles. The second kappa shape index (κ2) is 7.94. The quantitative estimate of drug-likeness (QED) is 0.347. The minimum absolute atomic E-state index is 0.308. The Morgan fingerprint density at radius 1 is 1.27 bits per heavy atom. The normalized spacial score (nSPS) is 13.4. The first-order valence-corrected chi connectivity index (χ1v) is 4.10. The fourth-order valence-corrected chi connectivity index (χ4v) is 0.790. The monoisotopic (exact) mass is 161 g/mol. The lowest BCUT2D eigenvalue weighted by Crippen LogP contribution is -2.30. The Labute approximate surface area is 68.0 Å². The molecule has 0 rings (SSSR count). The van der Waals surface area contributed by atoms with Gasteiger partial charge in [0.05, 0.1) is 6.10 Å². The van der Waals surface area contributed by atoms with Gasteiger partial charge in [-0.1, -0.05) is 0 Å². The second-order valence-corrected chi connectivity index (χ2v) is 2.58. The molecule has 0 saturated carbocycles. The van der Waals surface area contributed by atoms with Crippen LogP contribution in [0.4, 0.5) is 0 Å². The molecule has 6 N–H and O–H groups in total. The van der Waals surface area contributed by atoms with Crippen molar-refractivity contribution in [3.8, 4) is 0 Å². The minimum atomic E-state index is -0.308. The van der Waals surface area contributed by atoms with Gasteiger partial charge in [0.2, 0.25) is 0 Å². The van der Waals surface area contributed by atoms with Crippen molar-refractivity contribution in [3.05, 3.63) is 0 Å². The van der Waals surface area contributed by atoms with Gasteiger partial charge in [0.15, 0.2) is 0 Å². The third-order valence-electron chi connectivity index (χ3n) is 1.44. The lowest BCUT2D eigenvalue weighted by Gasteiger charge is -2.09. The van der Waals surface area contributed by atoms with Crippen molar-refractivity contribution in [1.82, 2.24) is 5.32 Å². The van der Waals surface area contributed by atoms with E-state index in [9.17, 15) is 5.11 Å². The molecule has 0 aromatic heterocycles. The zero-order valence-corrected chi connectivity index (χ0v) is 6.92. The number of hydrogen-bond acceptors (Lipinski definition) is 4. The lowest BCUT2D eigenvalue weighted by atomic mass is 10.2. The van der Waals surface area contributed by atoms with Gasteiger partial charge in [-0.3, -0.25) is 0 Å². The van der Waals surface area contributed by atoms with E-state index in [-0.39, 0.29) is 6.10 Å². The molecule has 0 radical (unpaired) electrons. The van der Waals surface area contributed by atoms with E-state index in [0.29, 0.717) is 26.1 Å². The molecule has 0 unspecified atom stereocenters. The number of aliphatic hydroxyl groups is 1. The summed E-state index contributed by atoms with van der Waals surface area (Å²) in [5, 5.41) is 12.3. The van der Waals surface area contributed by atoms with Gasteiger partial charge in [-0.2, -0.15) is 0 Å². The molecule has 0 heterocycles. The first-order chi connectivity index (χ1) is 5.31. The molecule has 0 aromatic carbocycles. The summed E-state index contributed by atoms with van der Waals surface area (Å²) in [6.45, 7) is 2.73. The summed E-state index contributed by atoms with van der Waals surface area (Å²) in [6, 6.07) is 0. The van der Waals surface area contributed by atoms with Crippen LogP contribution in [-0.4, -0.2) is 37.4 Å². The third kappa shape index (κ3) is 7.74. The number of hydrogen-bond donors (Lipinski definition) is 4. The molecule has 0 fully saturated rings. The van der Waals surface area contributed by atoms with Crippen LogP contribution in [0.5, 0.6) is 0 Å². The van der Waals surface area contributed by atoms with Crippen LogP contribution in [0, 0.1) is 0 Å². The van der Waals surface area contributed by atoms with Gasteiger partial charge < -0.3 is 21.9 Å². The summed E-state index contributed by atoms with van der Waals surface area (Å²) in [6.07, 6.45) is 1.31. The highest BCUT2D eigenvalue weighted by Gasteiger charge is 1.99. The average molecular weight is 161 g/mol. The van der Waals surface area contributed by atoms with Gasteiger partial charge in [0, 0.05) is 6.54 Å². The predicted molar refractivity (Wildman–Crippen MR) is 46.2 cm³/mol. The SMILES string of the molecule is NCCCNC[C@H](O)CCN. The van der Waals surface area contributed by atoms with Crippen molar-refractivity contribution in [1.29, 1.82) is 0 Å². The van der Waals surface area contributed by atoms with E-state index in [2.05, 4.69) is 5.32 Å². The molecule has 1 atom stereocenters. The zero-order chi connectivity index (χ0) is 8.53. The van der Waals surface area contributed by atoms with Crippen molar-refractivity contribution in [3.63, 3.8) is 0 Å². The van der Waals surface area contributed by atoms with E-state index in [4.69, 9.17) is 11.5 Å². The maximum atomic E-state index is 9.17. The molecule has 11 heavy (non-hydrogen) atoms. The summed E-state index contributed by atoms with van der Waals surface area (Å²) in [4.78, 5) is 0. The molecule has 0 aliphatic heterocycles. The first kappa shape index (κ1) is 10.8. The largest absolute Gasteiger partial charge is 0.392 e. The van der Waals surface area contributed by atoms with E-state index in [1.165, 1.54) is 0 Å². The zero-order valence-electron chi connectivity index (χ0n) is 6.92. The van der Waals surface area contributed by atoms with Crippen molar-refractivity contribution in [2.75, 3.05) is 26.2 Å². The summed E-state index contributed by atoms with van der Waals surface area (Å²) in [5.74, 6) is 0. The summed E-state index contributed by atoms with van der Waals surface area (Å²) in [5.41, 5.74) is 10.5. The van der Waals surface area contributed by atoms with Gasteiger partial charge in [-0.25, -0.2) is 0 Å². The molecule has 4 heteroatoms. The molecule has 0 aliphatic rings. The van der Waals surface area contributed by atoms with Crippen molar-refractivity contribution in [2.24, 2.45) is 11.5 Å². The van der Waals surface area contributed by atoms with Crippen LogP contribution in [0.25, 0.3) is 0 Å². The number of nitrogens with two attached hydrogens (primary N) is 2. The van der Waals surface area contributed by atoms with Crippen LogP contribution in [0.1, 0.15) is 12.8 Å². The Hall–Kier alpha value is -0.160. The van der Waals surface area contributed by atoms with Gasteiger partial charge in [-0.05, 0) is 32.5 Å².